The van der Waals surface area contributed by atoms with Crippen molar-refractivity contribution in [3.8, 4) is 0 Å². The number of carboxylic acids is 1. The molecule has 6 nitrogen and oxygen atoms in total. The number of alkyl halides is 3. The molecule has 0 saturated carbocycles. The maximum atomic E-state index is 12.7. The van der Waals surface area contributed by atoms with Crippen LogP contribution >= 0.6 is 0 Å². The van der Waals surface area contributed by atoms with Gasteiger partial charge >= 0.3 is 12.1 Å². The summed E-state index contributed by atoms with van der Waals surface area (Å²) in [6.07, 6.45) is -4.70. The maximum absolute atomic E-state index is 12.7. The van der Waals surface area contributed by atoms with Crippen molar-refractivity contribution in [2.45, 2.75) is 19.1 Å². The van der Waals surface area contributed by atoms with Crippen LogP contribution in [0.5, 0.6) is 0 Å². The predicted molar refractivity (Wildman–Crippen MR) is 69.0 cm³/mol. The quantitative estimate of drug-likeness (QED) is 0.755. The van der Waals surface area contributed by atoms with Crippen LogP contribution in [0, 0.1) is 0 Å². The molecule has 0 aliphatic heterocycles. The summed E-state index contributed by atoms with van der Waals surface area (Å²) in [4.78, 5) is 33.6. The molecule has 0 aromatic heterocycles. The maximum Gasteiger partial charge on any atom is 0.417 e. The van der Waals surface area contributed by atoms with Crippen molar-refractivity contribution in [2.75, 3.05) is 6.54 Å². The summed E-state index contributed by atoms with van der Waals surface area (Å²) in [6.45, 7) is 0.573. The summed E-state index contributed by atoms with van der Waals surface area (Å²) in [6, 6.07) is 2.96. The number of aliphatic carboxylic acids is 1. The van der Waals surface area contributed by atoms with Crippen molar-refractivity contribution in [2.24, 2.45) is 0 Å². The summed E-state index contributed by atoms with van der Waals surface area (Å²) in [5, 5.41) is 12.7. The third-order valence-electron chi connectivity index (χ3n) is 2.63. The van der Waals surface area contributed by atoms with Crippen LogP contribution in [-0.2, 0) is 15.8 Å². The minimum atomic E-state index is -4.70. The normalized spacial score (nSPS) is 12.4. The molecule has 120 valence electrons. The lowest BCUT2D eigenvalue weighted by Crippen LogP contribution is -2.44. The van der Waals surface area contributed by atoms with Crippen molar-refractivity contribution in [3.63, 3.8) is 0 Å². The second-order valence-corrected chi connectivity index (χ2v) is 4.35. The Kier molecular flexibility index (Phi) is 5.50. The molecule has 9 heteroatoms. The van der Waals surface area contributed by atoms with E-state index in [9.17, 15) is 27.6 Å². The van der Waals surface area contributed by atoms with Gasteiger partial charge in [-0.2, -0.15) is 13.2 Å². The lowest BCUT2D eigenvalue weighted by atomic mass is 10.1. The number of carbonyl (C=O) groups is 3. The molecule has 1 atom stereocenters. The van der Waals surface area contributed by atoms with Gasteiger partial charge in [-0.1, -0.05) is 12.1 Å². The molecule has 0 saturated heterocycles. The second-order valence-electron chi connectivity index (χ2n) is 4.35. The fraction of sp³-hybridized carbons (Fsp3) is 0.308. The van der Waals surface area contributed by atoms with E-state index in [1.54, 1.807) is 0 Å². The molecule has 22 heavy (non-hydrogen) atoms. The Bertz CT molecular complexity index is 587. The van der Waals surface area contributed by atoms with E-state index < -0.39 is 47.7 Å². The number of halogens is 3. The van der Waals surface area contributed by atoms with Crippen LogP contribution in [-0.4, -0.2) is 35.5 Å². The molecule has 0 spiro atoms. The molecule has 0 heterocycles. The van der Waals surface area contributed by atoms with Gasteiger partial charge in [-0.15, -0.1) is 0 Å². The Morgan fingerprint density at radius 1 is 1.23 bits per heavy atom. The van der Waals surface area contributed by atoms with E-state index in [-0.39, 0.29) is 0 Å². The Labute approximate surface area is 123 Å². The molecule has 1 rings (SSSR count). The summed E-state index contributed by atoms with van der Waals surface area (Å²) < 4.78 is 38.2. The van der Waals surface area contributed by atoms with Crippen LogP contribution in [0.25, 0.3) is 0 Å². The van der Waals surface area contributed by atoms with E-state index in [0.29, 0.717) is 0 Å². The third kappa shape index (κ3) is 4.76. The van der Waals surface area contributed by atoms with Gasteiger partial charge in [-0.05, 0) is 19.1 Å². The number of carbonyl (C=O) groups excluding carboxylic acids is 2. The Hall–Kier alpha value is -2.58. The number of benzene rings is 1. The molecule has 0 radical (unpaired) electrons. The van der Waals surface area contributed by atoms with E-state index in [0.717, 1.165) is 18.2 Å². The van der Waals surface area contributed by atoms with Crippen LogP contribution in [0.2, 0.25) is 0 Å². The number of amides is 2. The molecular formula is C13H13F3N2O4. The van der Waals surface area contributed by atoms with E-state index in [1.807, 2.05) is 5.32 Å². The fourth-order valence-corrected chi connectivity index (χ4v) is 1.54. The SMILES string of the molecule is C[C@H](NC(=O)CNC(=O)c1ccccc1C(F)(F)F)C(=O)O. The minimum absolute atomic E-state index is 0.617. The van der Waals surface area contributed by atoms with Crippen molar-refractivity contribution in [3.05, 3.63) is 35.4 Å². The lowest BCUT2D eigenvalue weighted by molar-refractivity contribution is -0.141. The summed E-state index contributed by atoms with van der Waals surface area (Å²) in [5.41, 5.74) is -1.74. The highest BCUT2D eigenvalue weighted by atomic mass is 19.4. The minimum Gasteiger partial charge on any atom is -0.480 e. The largest absolute Gasteiger partial charge is 0.480 e. The highest BCUT2D eigenvalue weighted by molar-refractivity contribution is 5.98. The molecule has 0 aliphatic rings. The van der Waals surface area contributed by atoms with E-state index >= 15 is 0 Å². The Morgan fingerprint density at radius 2 is 1.82 bits per heavy atom. The topological polar surface area (TPSA) is 95.5 Å². The predicted octanol–water partition coefficient (Wildman–Crippen LogP) is 1.02. The number of rotatable bonds is 5. The Morgan fingerprint density at radius 3 is 2.36 bits per heavy atom. The second kappa shape index (κ2) is 6.92. The smallest absolute Gasteiger partial charge is 0.417 e. The van der Waals surface area contributed by atoms with Gasteiger partial charge in [0.25, 0.3) is 5.91 Å². The van der Waals surface area contributed by atoms with Crippen molar-refractivity contribution in [1.82, 2.24) is 10.6 Å². The Balaban J connectivity index is 2.71. The standard InChI is InChI=1S/C13H13F3N2O4/c1-7(12(21)22)18-10(19)6-17-11(20)8-4-2-3-5-9(8)13(14,15)16/h2-5,7H,6H2,1H3,(H,17,20)(H,18,19)(H,21,22)/t7-/m0/s1. The summed E-state index contributed by atoms with van der Waals surface area (Å²) >= 11 is 0. The van der Waals surface area contributed by atoms with Crippen molar-refractivity contribution in [1.29, 1.82) is 0 Å². The average Bonchev–Trinajstić information content (AvgIpc) is 2.43. The number of hydrogen-bond donors (Lipinski definition) is 3. The van der Waals surface area contributed by atoms with E-state index in [2.05, 4.69) is 5.32 Å². The van der Waals surface area contributed by atoms with Gasteiger partial charge in [0.05, 0.1) is 17.7 Å². The number of nitrogens with one attached hydrogen (secondary N) is 2. The van der Waals surface area contributed by atoms with Gasteiger partial charge in [0.2, 0.25) is 5.91 Å². The van der Waals surface area contributed by atoms with Crippen LogP contribution < -0.4 is 10.6 Å². The molecule has 1 aromatic rings. The van der Waals surface area contributed by atoms with Gasteiger partial charge < -0.3 is 15.7 Å². The molecule has 1 aromatic carbocycles. The molecule has 0 fully saturated rings. The zero-order chi connectivity index (χ0) is 16.9. The first-order valence-electron chi connectivity index (χ1n) is 6.09. The van der Waals surface area contributed by atoms with Gasteiger partial charge in [0.15, 0.2) is 0 Å². The van der Waals surface area contributed by atoms with Crippen LogP contribution in [0.15, 0.2) is 24.3 Å². The van der Waals surface area contributed by atoms with Crippen LogP contribution in [0.3, 0.4) is 0 Å². The first-order chi connectivity index (χ1) is 10.1. The fourth-order valence-electron chi connectivity index (χ4n) is 1.54. The van der Waals surface area contributed by atoms with Gasteiger partial charge in [-0.3, -0.25) is 14.4 Å². The first-order valence-corrected chi connectivity index (χ1v) is 6.09. The third-order valence-corrected chi connectivity index (χ3v) is 2.63. The molecule has 2 amide bonds. The van der Waals surface area contributed by atoms with Gasteiger partial charge in [0.1, 0.15) is 6.04 Å². The zero-order valence-corrected chi connectivity index (χ0v) is 11.4. The van der Waals surface area contributed by atoms with E-state index in [4.69, 9.17) is 5.11 Å². The average molecular weight is 318 g/mol. The number of hydrogen-bond acceptors (Lipinski definition) is 3. The highest BCUT2D eigenvalue weighted by Gasteiger charge is 2.34. The van der Waals surface area contributed by atoms with Crippen molar-refractivity contribution >= 4 is 17.8 Å². The van der Waals surface area contributed by atoms with Gasteiger partial charge in [-0.25, -0.2) is 0 Å². The van der Waals surface area contributed by atoms with Crippen molar-refractivity contribution < 1.29 is 32.7 Å². The molecule has 0 unspecified atom stereocenters. The highest BCUT2D eigenvalue weighted by Crippen LogP contribution is 2.31. The monoisotopic (exact) mass is 318 g/mol. The van der Waals surface area contributed by atoms with Gasteiger partial charge in [0, 0.05) is 0 Å². The summed E-state index contributed by atoms with van der Waals surface area (Å²) in [7, 11) is 0. The molecule has 0 bridgehead atoms. The van der Waals surface area contributed by atoms with Crippen LogP contribution in [0.1, 0.15) is 22.8 Å². The molecule has 3 N–H and O–H groups in total. The summed E-state index contributed by atoms with van der Waals surface area (Å²) in [5.74, 6) is -3.18. The molecule has 0 aliphatic carbocycles. The number of carboxylic acid groups (broad SMARTS) is 1. The van der Waals surface area contributed by atoms with Crippen LogP contribution in [0.4, 0.5) is 13.2 Å². The zero-order valence-electron chi connectivity index (χ0n) is 11.4. The molecular weight excluding hydrogens is 305 g/mol. The van der Waals surface area contributed by atoms with E-state index in [1.165, 1.54) is 13.0 Å². The lowest BCUT2D eigenvalue weighted by Gasteiger charge is -2.13. The first kappa shape index (κ1) is 17.5.